The Morgan fingerprint density at radius 1 is 1.17 bits per heavy atom. The van der Waals surface area contributed by atoms with E-state index < -0.39 is 18.2 Å². The number of carbonyl (C=O) groups is 2. The highest BCUT2D eigenvalue weighted by molar-refractivity contribution is 5.87. The number of methoxy groups -OCH3 is 2. The minimum atomic E-state index is -0.715. The SMILES string of the molecule is COC(=O)N[C@H](C(=O)N1C(C(C)C)C[C@@H]2CCCC21)C(C)OC. The molecule has 1 saturated heterocycles. The van der Waals surface area contributed by atoms with Crippen molar-refractivity contribution in [3.8, 4) is 0 Å². The number of rotatable bonds is 5. The molecule has 1 heterocycles. The van der Waals surface area contributed by atoms with Gasteiger partial charge in [-0.3, -0.25) is 4.79 Å². The fourth-order valence-electron chi connectivity index (χ4n) is 4.11. The van der Waals surface area contributed by atoms with Crippen molar-refractivity contribution in [2.24, 2.45) is 11.8 Å². The third kappa shape index (κ3) is 3.62. The lowest BCUT2D eigenvalue weighted by atomic mass is 9.96. The molecule has 1 saturated carbocycles. The van der Waals surface area contributed by atoms with Crippen LogP contribution in [0.1, 0.15) is 46.5 Å². The van der Waals surface area contributed by atoms with Gasteiger partial charge in [0.1, 0.15) is 6.04 Å². The molecule has 3 unspecified atom stereocenters. The Labute approximate surface area is 138 Å². The number of ether oxygens (including phenoxy) is 2. The third-order valence-corrected chi connectivity index (χ3v) is 5.47. The van der Waals surface area contributed by atoms with Crippen LogP contribution in [-0.4, -0.2) is 55.3 Å². The average molecular weight is 326 g/mol. The van der Waals surface area contributed by atoms with Gasteiger partial charge in [-0.15, -0.1) is 0 Å². The maximum absolute atomic E-state index is 13.2. The van der Waals surface area contributed by atoms with Gasteiger partial charge in [0, 0.05) is 19.2 Å². The second kappa shape index (κ2) is 7.51. The summed E-state index contributed by atoms with van der Waals surface area (Å²) >= 11 is 0. The molecule has 1 N–H and O–H groups in total. The molecular formula is C17H30N2O4. The Kier molecular flexibility index (Phi) is 5.89. The second-order valence-electron chi connectivity index (χ2n) is 7.11. The highest BCUT2D eigenvalue weighted by Gasteiger charge is 2.48. The van der Waals surface area contributed by atoms with Crippen molar-refractivity contribution in [2.75, 3.05) is 14.2 Å². The predicted octanol–water partition coefficient (Wildman–Crippen LogP) is 2.17. The Morgan fingerprint density at radius 3 is 2.43 bits per heavy atom. The van der Waals surface area contributed by atoms with E-state index in [1.54, 1.807) is 14.0 Å². The van der Waals surface area contributed by atoms with Crippen LogP contribution in [0.15, 0.2) is 0 Å². The molecule has 0 aromatic rings. The zero-order valence-corrected chi connectivity index (χ0v) is 14.9. The van der Waals surface area contributed by atoms with Gasteiger partial charge in [0.2, 0.25) is 5.91 Å². The van der Waals surface area contributed by atoms with E-state index in [0.29, 0.717) is 17.9 Å². The minimum Gasteiger partial charge on any atom is -0.453 e. The molecule has 0 aromatic heterocycles. The lowest BCUT2D eigenvalue weighted by molar-refractivity contribution is -0.140. The molecule has 6 heteroatoms. The number of likely N-dealkylation sites (tertiary alicyclic amines) is 1. The maximum Gasteiger partial charge on any atom is 0.407 e. The summed E-state index contributed by atoms with van der Waals surface area (Å²) in [6.45, 7) is 6.12. The summed E-state index contributed by atoms with van der Waals surface area (Å²) in [5.74, 6) is 0.960. The average Bonchev–Trinajstić information content (AvgIpc) is 3.11. The van der Waals surface area contributed by atoms with E-state index in [9.17, 15) is 9.59 Å². The van der Waals surface area contributed by atoms with Gasteiger partial charge in [0.15, 0.2) is 0 Å². The summed E-state index contributed by atoms with van der Waals surface area (Å²) in [5, 5.41) is 2.66. The molecule has 23 heavy (non-hydrogen) atoms. The molecule has 2 aliphatic rings. The van der Waals surface area contributed by atoms with E-state index in [1.807, 2.05) is 4.90 Å². The smallest absolute Gasteiger partial charge is 0.407 e. The van der Waals surface area contributed by atoms with Gasteiger partial charge in [0.25, 0.3) is 0 Å². The van der Waals surface area contributed by atoms with Gasteiger partial charge < -0.3 is 19.7 Å². The Morgan fingerprint density at radius 2 is 1.87 bits per heavy atom. The highest BCUT2D eigenvalue weighted by atomic mass is 16.5. The van der Waals surface area contributed by atoms with Crippen molar-refractivity contribution in [1.29, 1.82) is 0 Å². The van der Waals surface area contributed by atoms with Crippen molar-refractivity contribution in [3.63, 3.8) is 0 Å². The van der Waals surface area contributed by atoms with Crippen molar-refractivity contribution in [3.05, 3.63) is 0 Å². The van der Waals surface area contributed by atoms with Crippen LogP contribution in [0.4, 0.5) is 4.79 Å². The Hall–Kier alpha value is -1.30. The summed E-state index contributed by atoms with van der Waals surface area (Å²) < 4.78 is 10.0. The molecule has 1 aliphatic carbocycles. The number of carbonyl (C=O) groups excluding carboxylic acids is 2. The molecule has 0 aromatic carbocycles. The van der Waals surface area contributed by atoms with E-state index in [0.717, 1.165) is 12.8 Å². The highest BCUT2D eigenvalue weighted by Crippen LogP contribution is 2.43. The molecule has 2 rings (SSSR count). The number of nitrogens with zero attached hydrogens (tertiary/aromatic N) is 1. The monoisotopic (exact) mass is 326 g/mol. The van der Waals surface area contributed by atoms with Crippen molar-refractivity contribution >= 4 is 12.0 Å². The van der Waals surface area contributed by atoms with Crippen LogP contribution in [0.5, 0.6) is 0 Å². The standard InChI is InChI=1S/C17H30N2O4/c1-10(2)14-9-12-7-6-8-13(12)19(14)16(20)15(11(3)22-4)18-17(21)23-5/h10-15H,6-9H2,1-5H3,(H,18,21)/t11?,12-,13?,14?,15-/m0/s1. The first-order chi connectivity index (χ1) is 10.9. The van der Waals surface area contributed by atoms with Gasteiger partial charge >= 0.3 is 6.09 Å². The van der Waals surface area contributed by atoms with E-state index in [-0.39, 0.29) is 11.9 Å². The molecular weight excluding hydrogens is 296 g/mol. The van der Waals surface area contributed by atoms with E-state index >= 15 is 0 Å². The summed E-state index contributed by atoms with van der Waals surface area (Å²) in [7, 11) is 2.85. The largest absolute Gasteiger partial charge is 0.453 e. The number of fused-ring (bicyclic) bond motifs is 1. The van der Waals surface area contributed by atoms with Crippen molar-refractivity contribution in [2.45, 2.75) is 70.7 Å². The molecule has 0 bridgehead atoms. The summed E-state index contributed by atoms with van der Waals surface area (Å²) in [5.41, 5.74) is 0. The molecule has 6 nitrogen and oxygen atoms in total. The zero-order chi connectivity index (χ0) is 17.1. The third-order valence-electron chi connectivity index (χ3n) is 5.47. The van der Waals surface area contributed by atoms with E-state index in [4.69, 9.17) is 4.74 Å². The first-order valence-corrected chi connectivity index (χ1v) is 8.60. The van der Waals surface area contributed by atoms with Crippen LogP contribution in [0, 0.1) is 11.8 Å². The molecule has 0 radical (unpaired) electrons. The predicted molar refractivity (Wildman–Crippen MR) is 87.0 cm³/mol. The lowest BCUT2D eigenvalue weighted by Gasteiger charge is -2.36. The Bertz CT molecular complexity index is 440. The minimum absolute atomic E-state index is 0.0437. The molecule has 2 amide bonds. The van der Waals surface area contributed by atoms with Crippen molar-refractivity contribution < 1.29 is 19.1 Å². The molecule has 132 valence electrons. The molecule has 5 atom stereocenters. The number of hydrogen-bond donors (Lipinski definition) is 1. The topological polar surface area (TPSA) is 67.9 Å². The van der Waals surface area contributed by atoms with Gasteiger partial charge in [-0.2, -0.15) is 0 Å². The van der Waals surface area contributed by atoms with Crippen LogP contribution >= 0.6 is 0 Å². The number of nitrogens with one attached hydrogen (secondary N) is 1. The van der Waals surface area contributed by atoms with Gasteiger partial charge in [-0.05, 0) is 38.0 Å². The van der Waals surface area contributed by atoms with Crippen LogP contribution in [0.3, 0.4) is 0 Å². The zero-order valence-electron chi connectivity index (χ0n) is 14.9. The van der Waals surface area contributed by atoms with Crippen molar-refractivity contribution in [1.82, 2.24) is 10.2 Å². The lowest BCUT2D eigenvalue weighted by Crippen LogP contribution is -2.57. The first-order valence-electron chi connectivity index (χ1n) is 8.60. The fourth-order valence-corrected chi connectivity index (χ4v) is 4.11. The van der Waals surface area contributed by atoms with Crippen LogP contribution in [0.25, 0.3) is 0 Å². The number of amides is 2. The first kappa shape index (κ1) is 18.0. The van der Waals surface area contributed by atoms with Gasteiger partial charge in [-0.1, -0.05) is 20.3 Å². The summed E-state index contributed by atoms with van der Waals surface area (Å²) in [6, 6.07) is -0.169. The summed E-state index contributed by atoms with van der Waals surface area (Å²) in [6.07, 6.45) is 3.50. The fraction of sp³-hybridized carbons (Fsp3) is 0.882. The van der Waals surface area contributed by atoms with Crippen LogP contribution < -0.4 is 5.32 Å². The molecule has 2 fully saturated rings. The molecule has 0 spiro atoms. The van der Waals surface area contributed by atoms with Crippen LogP contribution in [0.2, 0.25) is 0 Å². The second-order valence-corrected chi connectivity index (χ2v) is 7.11. The maximum atomic E-state index is 13.2. The van der Waals surface area contributed by atoms with E-state index in [1.165, 1.54) is 20.0 Å². The van der Waals surface area contributed by atoms with Gasteiger partial charge in [0.05, 0.1) is 13.2 Å². The number of hydrogen-bond acceptors (Lipinski definition) is 4. The molecule has 1 aliphatic heterocycles. The van der Waals surface area contributed by atoms with Crippen LogP contribution in [-0.2, 0) is 14.3 Å². The van der Waals surface area contributed by atoms with Gasteiger partial charge in [-0.25, -0.2) is 4.79 Å². The summed E-state index contributed by atoms with van der Waals surface area (Å²) in [4.78, 5) is 26.9. The Balaban J connectivity index is 2.23. The number of alkyl carbamates (subject to hydrolysis) is 1. The normalized spacial score (nSPS) is 29.3. The quantitative estimate of drug-likeness (QED) is 0.841. The van der Waals surface area contributed by atoms with E-state index in [2.05, 4.69) is 23.9 Å².